The molecule has 0 aliphatic carbocycles. The van der Waals surface area contributed by atoms with Crippen LogP contribution in [0, 0.1) is 0 Å². The van der Waals surface area contributed by atoms with Crippen molar-refractivity contribution in [1.82, 2.24) is 4.90 Å². The van der Waals surface area contributed by atoms with Gasteiger partial charge in [-0.05, 0) is 73.9 Å². The number of rotatable bonds is 6. The number of piperazine rings is 1. The fraction of sp³-hybridized carbons (Fsp3) is 0.355. The molecule has 0 aromatic heterocycles. The lowest BCUT2D eigenvalue weighted by atomic mass is 10.1. The molecule has 5 rings (SSSR count). The maximum Gasteiger partial charge on any atom is 0.416 e. The number of carbonyl (C=O) groups excluding carboxylic acids is 2. The molecule has 2 saturated heterocycles. The molecular weight excluding hydrogens is 547 g/mol. The molecule has 2 aliphatic rings. The van der Waals surface area contributed by atoms with Gasteiger partial charge in [0.05, 0.1) is 23.9 Å². The molecule has 2 N–H and O–H groups in total. The minimum absolute atomic E-state index is 0.0799. The standard InChI is InChI=1S/C31H34F3N5O3/c1-42-28-8-4-3-7-27(28)38-19-17-37(18-20-38)26-14-13-24(21-25(26)29(40)39-15-5-2-6-16-39)36-30(41)35-23-11-9-22(10-12-23)31(32,33)34/h3-4,7-14,21H,2,5-6,15-20H2,1H3,(H2,35,36,41). The number of ether oxygens (including phenoxy) is 1. The van der Waals surface area contributed by atoms with Crippen molar-refractivity contribution in [2.45, 2.75) is 25.4 Å². The van der Waals surface area contributed by atoms with Crippen LogP contribution in [0.25, 0.3) is 0 Å². The second-order valence-corrected chi connectivity index (χ2v) is 10.4. The Bertz CT molecular complexity index is 1400. The monoisotopic (exact) mass is 581 g/mol. The highest BCUT2D eigenvalue weighted by Gasteiger charge is 2.30. The van der Waals surface area contributed by atoms with E-state index >= 15 is 0 Å². The Morgan fingerprint density at radius 1 is 0.738 bits per heavy atom. The summed E-state index contributed by atoms with van der Waals surface area (Å²) in [5.74, 6) is 0.737. The molecule has 42 heavy (non-hydrogen) atoms. The van der Waals surface area contributed by atoms with Gasteiger partial charge in [-0.1, -0.05) is 12.1 Å². The van der Waals surface area contributed by atoms with Gasteiger partial charge in [0, 0.05) is 56.3 Å². The van der Waals surface area contributed by atoms with E-state index in [4.69, 9.17) is 4.74 Å². The van der Waals surface area contributed by atoms with E-state index in [1.165, 1.54) is 12.1 Å². The summed E-state index contributed by atoms with van der Waals surface area (Å²) in [7, 11) is 1.66. The van der Waals surface area contributed by atoms with Crippen molar-refractivity contribution in [2.24, 2.45) is 0 Å². The van der Waals surface area contributed by atoms with E-state index in [1.807, 2.05) is 35.2 Å². The number of hydrogen-bond donors (Lipinski definition) is 2. The average molecular weight is 582 g/mol. The second-order valence-electron chi connectivity index (χ2n) is 10.4. The number of anilines is 4. The van der Waals surface area contributed by atoms with Crippen molar-refractivity contribution in [3.05, 3.63) is 77.9 Å². The van der Waals surface area contributed by atoms with Gasteiger partial charge in [0.1, 0.15) is 5.75 Å². The summed E-state index contributed by atoms with van der Waals surface area (Å²) in [4.78, 5) is 32.7. The van der Waals surface area contributed by atoms with Gasteiger partial charge in [-0.25, -0.2) is 4.79 Å². The first-order valence-corrected chi connectivity index (χ1v) is 14.0. The molecule has 0 saturated carbocycles. The van der Waals surface area contributed by atoms with Crippen molar-refractivity contribution >= 4 is 34.7 Å². The topological polar surface area (TPSA) is 77.1 Å². The molecule has 3 aromatic rings. The van der Waals surface area contributed by atoms with E-state index in [0.717, 1.165) is 61.6 Å². The highest BCUT2D eigenvalue weighted by atomic mass is 19.4. The molecule has 0 radical (unpaired) electrons. The largest absolute Gasteiger partial charge is 0.495 e. The first-order chi connectivity index (χ1) is 20.2. The Balaban J connectivity index is 1.32. The lowest BCUT2D eigenvalue weighted by Crippen LogP contribution is -2.47. The van der Waals surface area contributed by atoms with E-state index in [2.05, 4.69) is 20.4 Å². The lowest BCUT2D eigenvalue weighted by Gasteiger charge is -2.39. The molecule has 222 valence electrons. The minimum atomic E-state index is -4.46. The van der Waals surface area contributed by atoms with Gasteiger partial charge in [-0.15, -0.1) is 0 Å². The van der Waals surface area contributed by atoms with Crippen molar-refractivity contribution in [1.29, 1.82) is 0 Å². The summed E-state index contributed by atoms with van der Waals surface area (Å²) in [6.45, 7) is 4.25. The summed E-state index contributed by atoms with van der Waals surface area (Å²) in [5, 5.41) is 5.27. The van der Waals surface area contributed by atoms with E-state index in [0.29, 0.717) is 37.4 Å². The molecule has 11 heteroatoms. The molecule has 0 atom stereocenters. The zero-order chi connectivity index (χ0) is 29.7. The normalized spacial score (nSPS) is 15.8. The third kappa shape index (κ3) is 6.72. The first kappa shape index (κ1) is 29.1. The van der Waals surface area contributed by atoms with Crippen LogP contribution in [0.2, 0.25) is 0 Å². The third-order valence-corrected chi connectivity index (χ3v) is 7.64. The number of alkyl halides is 3. The zero-order valence-electron chi connectivity index (χ0n) is 23.4. The molecule has 0 spiro atoms. The summed E-state index contributed by atoms with van der Waals surface area (Å²) < 4.78 is 44.1. The summed E-state index contributed by atoms with van der Waals surface area (Å²) >= 11 is 0. The van der Waals surface area contributed by atoms with Crippen LogP contribution in [0.1, 0.15) is 35.2 Å². The Labute approximate surface area is 243 Å². The number of urea groups is 1. The number of piperidine rings is 1. The van der Waals surface area contributed by atoms with Crippen molar-refractivity contribution in [2.75, 3.05) is 66.8 Å². The zero-order valence-corrected chi connectivity index (χ0v) is 23.4. The van der Waals surface area contributed by atoms with Crippen LogP contribution in [0.4, 0.5) is 40.7 Å². The maximum absolute atomic E-state index is 13.7. The van der Waals surface area contributed by atoms with Gasteiger partial charge in [0.15, 0.2) is 0 Å². The number of carbonyl (C=O) groups is 2. The third-order valence-electron chi connectivity index (χ3n) is 7.64. The van der Waals surface area contributed by atoms with Crippen LogP contribution in [-0.2, 0) is 6.18 Å². The SMILES string of the molecule is COc1ccccc1N1CCN(c2ccc(NC(=O)Nc3ccc(C(F)(F)F)cc3)cc2C(=O)N2CCCCC2)CC1. The fourth-order valence-electron chi connectivity index (χ4n) is 5.44. The summed E-state index contributed by atoms with van der Waals surface area (Å²) in [6, 6.07) is 16.8. The molecule has 2 fully saturated rings. The average Bonchev–Trinajstić information content (AvgIpc) is 3.01. The van der Waals surface area contributed by atoms with E-state index in [9.17, 15) is 22.8 Å². The van der Waals surface area contributed by atoms with Crippen LogP contribution in [-0.4, -0.2) is 63.2 Å². The van der Waals surface area contributed by atoms with Gasteiger partial charge in [0.25, 0.3) is 5.91 Å². The molecule has 3 aromatic carbocycles. The molecule has 0 bridgehead atoms. The Morgan fingerprint density at radius 2 is 1.33 bits per heavy atom. The number of amides is 3. The summed E-state index contributed by atoms with van der Waals surface area (Å²) in [5.41, 5.74) is 2.18. The van der Waals surface area contributed by atoms with Crippen molar-refractivity contribution in [3.63, 3.8) is 0 Å². The number of likely N-dealkylation sites (tertiary alicyclic amines) is 1. The van der Waals surface area contributed by atoms with Gasteiger partial charge >= 0.3 is 12.2 Å². The highest BCUT2D eigenvalue weighted by Crippen LogP contribution is 2.32. The fourth-order valence-corrected chi connectivity index (χ4v) is 5.44. The van der Waals surface area contributed by atoms with Crippen LogP contribution >= 0.6 is 0 Å². The number of benzene rings is 3. The summed E-state index contributed by atoms with van der Waals surface area (Å²) in [6.07, 6.45) is -1.47. The number of nitrogens with zero attached hydrogens (tertiary/aromatic N) is 3. The van der Waals surface area contributed by atoms with Gasteiger partial charge in [-0.3, -0.25) is 4.79 Å². The number of hydrogen-bond acceptors (Lipinski definition) is 5. The Hall–Kier alpha value is -4.41. The Kier molecular flexibility index (Phi) is 8.75. The van der Waals surface area contributed by atoms with Crippen molar-refractivity contribution in [3.8, 4) is 5.75 Å². The minimum Gasteiger partial charge on any atom is -0.495 e. The van der Waals surface area contributed by atoms with Crippen LogP contribution in [0.5, 0.6) is 5.75 Å². The maximum atomic E-state index is 13.7. The number of para-hydroxylation sites is 2. The molecule has 3 amide bonds. The molecule has 8 nitrogen and oxygen atoms in total. The molecule has 2 heterocycles. The molecule has 2 aliphatic heterocycles. The molecular formula is C31H34F3N5O3. The van der Waals surface area contributed by atoms with Crippen LogP contribution in [0.15, 0.2) is 66.7 Å². The van der Waals surface area contributed by atoms with Crippen LogP contribution < -0.4 is 25.2 Å². The van der Waals surface area contributed by atoms with E-state index < -0.39 is 17.8 Å². The second kappa shape index (κ2) is 12.6. The quantitative estimate of drug-likeness (QED) is 0.357. The highest BCUT2D eigenvalue weighted by molar-refractivity contribution is 6.04. The molecule has 0 unspecified atom stereocenters. The lowest BCUT2D eigenvalue weighted by molar-refractivity contribution is -0.137. The Morgan fingerprint density at radius 3 is 1.98 bits per heavy atom. The van der Waals surface area contributed by atoms with Crippen LogP contribution in [0.3, 0.4) is 0 Å². The smallest absolute Gasteiger partial charge is 0.416 e. The van der Waals surface area contributed by atoms with Crippen molar-refractivity contribution < 1.29 is 27.5 Å². The van der Waals surface area contributed by atoms with Gasteiger partial charge < -0.3 is 30.1 Å². The van der Waals surface area contributed by atoms with Gasteiger partial charge in [0.2, 0.25) is 0 Å². The first-order valence-electron chi connectivity index (χ1n) is 14.0. The number of halogens is 3. The number of nitrogens with one attached hydrogen (secondary N) is 2. The number of methoxy groups -OCH3 is 1. The van der Waals surface area contributed by atoms with Gasteiger partial charge in [-0.2, -0.15) is 13.2 Å². The van der Waals surface area contributed by atoms with E-state index in [-0.39, 0.29) is 11.6 Å². The predicted octanol–water partition coefficient (Wildman–Crippen LogP) is 6.31. The predicted molar refractivity (Wildman–Crippen MR) is 158 cm³/mol. The van der Waals surface area contributed by atoms with E-state index in [1.54, 1.807) is 19.2 Å².